The third kappa shape index (κ3) is 14.5. The Bertz CT molecular complexity index is 6390. The second kappa shape index (κ2) is 29.1. The van der Waals surface area contributed by atoms with Crippen LogP contribution in [0.3, 0.4) is 0 Å². The van der Waals surface area contributed by atoms with E-state index in [2.05, 4.69) is 495 Å². The van der Waals surface area contributed by atoms with Crippen LogP contribution in [0.15, 0.2) is 218 Å². The summed E-state index contributed by atoms with van der Waals surface area (Å²) in [4.78, 5) is 0. The molecule has 6 heterocycles. The molecule has 0 fully saturated rings. The molecule has 678 valence electrons. The number of nitrogens with zero attached hydrogens (tertiary/aromatic N) is 6. The van der Waals surface area contributed by atoms with Crippen LogP contribution < -0.4 is 0 Å². The number of hydrogen-bond acceptors (Lipinski definition) is 0. The summed E-state index contributed by atoms with van der Waals surface area (Å²) in [6.07, 6.45) is 0. The van der Waals surface area contributed by atoms with E-state index in [1.165, 1.54) is 131 Å². The van der Waals surface area contributed by atoms with Gasteiger partial charge in [0, 0.05) is 64.6 Å². The standard InChI is InChI=1S/C126H144N6/c1-115(2,3)73-37-49-97-85(61-73)86-62-74(116(4,5)6)38-50-98(86)127(97)109-110(128-99-51-39-75(117(7,8)9)63-87(99)88-64-76(118(10,11)12)40-52-100(88)128)112(130-103-55-43-79(121(19,20)21)67-91(103)92-68-80(122(22,23)24)44-56-104(92)130)114(132-107-59-47-83(125(31,32)33)71-95(107)96-72-84(126(34,35)36)48-60-108(96)132)113(131-105-57-45-81(123(25,26)27)69-93(105)94-70-82(124(28,29)30)46-58-106(94)131)111(109)129-101-53-41-77(119(13,14)15)65-89(101)90-66-78(120(16,17)18)42-54-102(90)129/h37-72H,1-36H3. The second-order valence-corrected chi connectivity index (χ2v) is 51.9. The summed E-state index contributed by atoms with van der Waals surface area (Å²) < 4.78 is 16.9. The van der Waals surface area contributed by atoms with Gasteiger partial charge in [0.2, 0.25) is 0 Å². The first-order chi connectivity index (χ1) is 61.1. The topological polar surface area (TPSA) is 29.6 Å². The van der Waals surface area contributed by atoms with E-state index >= 15 is 0 Å². The van der Waals surface area contributed by atoms with Crippen LogP contribution in [0.1, 0.15) is 316 Å². The Hall–Kier alpha value is -11.3. The van der Waals surface area contributed by atoms with Crippen LogP contribution in [0.4, 0.5) is 0 Å². The summed E-state index contributed by atoms with van der Waals surface area (Å²) in [7, 11) is 0. The molecule has 132 heavy (non-hydrogen) atoms. The van der Waals surface area contributed by atoms with E-state index in [-0.39, 0.29) is 65.0 Å². The van der Waals surface area contributed by atoms with Crippen LogP contribution in [-0.2, 0) is 65.0 Å². The smallest absolute Gasteiger partial charge is 0.0992 e. The fraction of sp³-hybridized carbons (Fsp3) is 0.381. The molecular formula is C126H144N6. The van der Waals surface area contributed by atoms with Gasteiger partial charge in [-0.25, -0.2) is 0 Å². The number of aromatic nitrogens is 6. The van der Waals surface area contributed by atoms with Gasteiger partial charge in [-0.15, -0.1) is 0 Å². The van der Waals surface area contributed by atoms with Crippen molar-refractivity contribution in [2.45, 2.75) is 314 Å². The number of benzene rings is 13. The number of fused-ring (bicyclic) bond motifs is 18. The molecule has 0 saturated heterocycles. The Morgan fingerprint density at radius 1 is 0.106 bits per heavy atom. The predicted molar refractivity (Wildman–Crippen MR) is 577 cm³/mol. The molecule has 6 heteroatoms. The molecule has 0 aliphatic carbocycles. The van der Waals surface area contributed by atoms with E-state index in [1.807, 2.05) is 0 Å². The Morgan fingerprint density at radius 2 is 0.174 bits per heavy atom. The van der Waals surface area contributed by atoms with Crippen molar-refractivity contribution in [2.75, 3.05) is 0 Å². The molecule has 0 unspecified atom stereocenters. The lowest BCUT2D eigenvalue weighted by molar-refractivity contribution is 0.590. The normalized spacial score (nSPS) is 13.9. The molecule has 0 atom stereocenters. The van der Waals surface area contributed by atoms with Crippen LogP contribution in [-0.4, -0.2) is 27.4 Å². The Balaban J connectivity index is 1.28. The van der Waals surface area contributed by atoms with Crippen molar-refractivity contribution in [1.29, 1.82) is 0 Å². The van der Waals surface area contributed by atoms with E-state index in [4.69, 9.17) is 0 Å². The highest BCUT2D eigenvalue weighted by atomic mass is 15.2. The lowest BCUT2D eigenvalue weighted by atomic mass is 9.85. The minimum absolute atomic E-state index is 0.208. The molecule has 6 nitrogen and oxygen atoms in total. The summed E-state index contributed by atoms with van der Waals surface area (Å²) in [5.74, 6) is 0. The molecule has 0 amide bonds. The molecule has 0 bridgehead atoms. The fourth-order valence-electron chi connectivity index (χ4n) is 21.1. The minimum Gasteiger partial charge on any atom is -0.305 e. The van der Waals surface area contributed by atoms with Crippen molar-refractivity contribution in [3.63, 3.8) is 0 Å². The van der Waals surface area contributed by atoms with E-state index in [9.17, 15) is 0 Å². The van der Waals surface area contributed by atoms with Crippen molar-refractivity contribution in [3.05, 3.63) is 285 Å². The average Bonchev–Trinajstić information content (AvgIpc) is 1.55. The Labute approximate surface area is 786 Å². The highest BCUT2D eigenvalue weighted by Crippen LogP contribution is 2.57. The predicted octanol–water partition coefficient (Wildman–Crippen LogP) is 35.8. The quantitative estimate of drug-likeness (QED) is 0.159. The van der Waals surface area contributed by atoms with E-state index in [0.717, 1.165) is 100 Å². The number of rotatable bonds is 6. The van der Waals surface area contributed by atoms with Gasteiger partial charge in [-0.3, -0.25) is 0 Å². The molecule has 0 N–H and O–H groups in total. The largest absolute Gasteiger partial charge is 0.305 e. The zero-order valence-electron chi connectivity index (χ0n) is 86.5. The van der Waals surface area contributed by atoms with Gasteiger partial charge < -0.3 is 27.4 Å². The van der Waals surface area contributed by atoms with Gasteiger partial charge in [-0.05, 0) is 277 Å². The van der Waals surface area contributed by atoms with Gasteiger partial charge in [-0.2, -0.15) is 0 Å². The van der Waals surface area contributed by atoms with Gasteiger partial charge in [0.1, 0.15) is 0 Å². The van der Waals surface area contributed by atoms with E-state index < -0.39 is 0 Å². The summed E-state index contributed by atoms with van der Waals surface area (Å²) in [6, 6.07) is 90.9. The van der Waals surface area contributed by atoms with Gasteiger partial charge in [0.25, 0.3) is 0 Å². The highest BCUT2D eigenvalue weighted by Gasteiger charge is 2.41. The summed E-state index contributed by atoms with van der Waals surface area (Å²) in [6.45, 7) is 86.1. The third-order valence-electron chi connectivity index (χ3n) is 29.7. The molecule has 19 aromatic rings. The van der Waals surface area contributed by atoms with Crippen LogP contribution in [0, 0.1) is 0 Å². The van der Waals surface area contributed by atoms with Crippen molar-refractivity contribution in [3.8, 4) is 34.1 Å². The lowest BCUT2D eigenvalue weighted by Crippen LogP contribution is -2.21. The first kappa shape index (κ1) is 89.9. The van der Waals surface area contributed by atoms with Crippen molar-refractivity contribution in [2.24, 2.45) is 0 Å². The molecule has 13 aromatic carbocycles. The first-order valence-corrected chi connectivity index (χ1v) is 48.9. The number of hydrogen-bond donors (Lipinski definition) is 0. The zero-order valence-corrected chi connectivity index (χ0v) is 86.5. The summed E-state index contributed by atoms with van der Waals surface area (Å²) in [5.41, 5.74) is 32.6. The highest BCUT2D eigenvalue weighted by molar-refractivity contribution is 6.21. The monoisotopic (exact) mass is 1740 g/mol. The minimum atomic E-state index is -0.208. The summed E-state index contributed by atoms with van der Waals surface area (Å²) in [5, 5.41) is 14.5. The van der Waals surface area contributed by atoms with Crippen LogP contribution in [0.25, 0.3) is 165 Å². The zero-order chi connectivity index (χ0) is 95.2. The first-order valence-electron chi connectivity index (χ1n) is 48.9. The van der Waals surface area contributed by atoms with E-state index in [1.54, 1.807) is 0 Å². The van der Waals surface area contributed by atoms with Crippen LogP contribution >= 0.6 is 0 Å². The van der Waals surface area contributed by atoms with Crippen molar-refractivity contribution >= 4 is 131 Å². The molecular weight excluding hydrogens is 1600 g/mol. The summed E-state index contributed by atoms with van der Waals surface area (Å²) >= 11 is 0. The SMILES string of the molecule is CC(C)(C)c1ccc2c(c1)c1cc(C(C)(C)C)ccc1n2-c1c(-n2c3ccc(C(C)(C)C)cc3c3cc(C(C)(C)C)ccc32)c(-n2c3ccc(C(C)(C)C)cc3c3cc(C(C)(C)C)ccc32)c(-n2c3ccc(C(C)(C)C)cc3c3cc(C(C)(C)C)ccc32)c(-n2c3ccc(C(C)(C)C)cc3c3cc(C(C)(C)C)ccc32)c1-n1c2ccc(C(C)(C)C)cc2c2cc(C(C)(C)C)ccc21. The lowest BCUT2D eigenvalue weighted by Gasteiger charge is -2.33. The van der Waals surface area contributed by atoms with Crippen LogP contribution in [0.5, 0.6) is 0 Å². The molecule has 0 saturated carbocycles. The van der Waals surface area contributed by atoms with Gasteiger partial charge in [0.15, 0.2) is 0 Å². The van der Waals surface area contributed by atoms with Crippen molar-refractivity contribution < 1.29 is 0 Å². The van der Waals surface area contributed by atoms with Gasteiger partial charge in [0.05, 0.1) is 100 Å². The Morgan fingerprint density at radius 3 is 0.235 bits per heavy atom. The molecule has 19 rings (SSSR count). The van der Waals surface area contributed by atoms with Gasteiger partial charge in [-0.1, -0.05) is 322 Å². The molecule has 0 spiro atoms. The maximum Gasteiger partial charge on any atom is 0.0992 e. The fourth-order valence-corrected chi connectivity index (χ4v) is 21.1. The average molecular weight is 1740 g/mol. The molecule has 0 radical (unpaired) electrons. The maximum atomic E-state index is 2.82. The Kier molecular flexibility index (Phi) is 19.8. The van der Waals surface area contributed by atoms with Gasteiger partial charge >= 0.3 is 0 Å². The molecule has 0 aliphatic heterocycles. The second-order valence-electron chi connectivity index (χ2n) is 51.9. The molecule has 6 aromatic heterocycles. The van der Waals surface area contributed by atoms with Crippen molar-refractivity contribution in [1.82, 2.24) is 27.4 Å². The van der Waals surface area contributed by atoms with Crippen LogP contribution in [0.2, 0.25) is 0 Å². The molecule has 0 aliphatic rings. The third-order valence-corrected chi connectivity index (χ3v) is 29.7. The maximum absolute atomic E-state index is 2.82. The van der Waals surface area contributed by atoms with E-state index in [0.29, 0.717) is 0 Å².